The van der Waals surface area contributed by atoms with Gasteiger partial charge in [-0.05, 0) is 32.2 Å². The highest BCUT2D eigenvalue weighted by Gasteiger charge is 2.31. The van der Waals surface area contributed by atoms with Crippen LogP contribution in [0.1, 0.15) is 39.0 Å². The van der Waals surface area contributed by atoms with E-state index in [1.54, 1.807) is 0 Å². The lowest BCUT2D eigenvalue weighted by Crippen LogP contribution is -2.50. The van der Waals surface area contributed by atoms with Crippen molar-refractivity contribution in [2.45, 2.75) is 45.1 Å². The van der Waals surface area contributed by atoms with Gasteiger partial charge < -0.3 is 10.2 Å². The molecule has 15 heavy (non-hydrogen) atoms. The van der Waals surface area contributed by atoms with E-state index in [4.69, 9.17) is 0 Å². The lowest BCUT2D eigenvalue weighted by atomic mass is 9.84. The number of likely N-dealkylation sites (N-methyl/N-ethyl adjacent to an activating group) is 1. The van der Waals surface area contributed by atoms with Gasteiger partial charge in [0, 0.05) is 25.0 Å². The summed E-state index contributed by atoms with van der Waals surface area (Å²) in [5.74, 6) is 0.786. The molecule has 1 aliphatic carbocycles. The Morgan fingerprint density at radius 1 is 1.33 bits per heavy atom. The predicted octanol–water partition coefficient (Wildman–Crippen LogP) is 1.39. The first-order valence-electron chi connectivity index (χ1n) is 6.33. The van der Waals surface area contributed by atoms with E-state index in [2.05, 4.69) is 17.1 Å². The normalized spacial score (nSPS) is 27.5. The van der Waals surface area contributed by atoms with E-state index in [1.165, 1.54) is 12.8 Å². The molecule has 0 spiro atoms. The van der Waals surface area contributed by atoms with Crippen LogP contribution in [0.2, 0.25) is 0 Å². The fourth-order valence-electron chi connectivity index (χ4n) is 2.55. The second-order valence-corrected chi connectivity index (χ2v) is 4.81. The van der Waals surface area contributed by atoms with Crippen LogP contribution in [0.25, 0.3) is 0 Å². The number of carbonyl (C=O) groups excluding carboxylic acids is 1. The number of hydrogen-bond acceptors (Lipinski definition) is 2. The SMILES string of the molecule is CCNC1CCCN(C(=O)C2CCC2)C1. The maximum atomic E-state index is 12.0. The Bertz CT molecular complexity index is 224. The molecular weight excluding hydrogens is 188 g/mol. The van der Waals surface area contributed by atoms with Crippen LogP contribution < -0.4 is 5.32 Å². The third kappa shape index (κ3) is 2.51. The van der Waals surface area contributed by atoms with Gasteiger partial charge in [-0.3, -0.25) is 4.79 Å². The molecule has 2 rings (SSSR count). The highest BCUT2D eigenvalue weighted by Crippen LogP contribution is 2.29. The zero-order valence-electron chi connectivity index (χ0n) is 9.67. The van der Waals surface area contributed by atoms with E-state index >= 15 is 0 Å². The quantitative estimate of drug-likeness (QED) is 0.763. The Morgan fingerprint density at radius 2 is 2.13 bits per heavy atom. The maximum absolute atomic E-state index is 12.0. The maximum Gasteiger partial charge on any atom is 0.225 e. The van der Waals surface area contributed by atoms with Gasteiger partial charge in [0.1, 0.15) is 0 Å². The highest BCUT2D eigenvalue weighted by molar-refractivity contribution is 5.79. The van der Waals surface area contributed by atoms with Crippen molar-refractivity contribution in [1.82, 2.24) is 10.2 Å². The summed E-state index contributed by atoms with van der Waals surface area (Å²) in [6.07, 6.45) is 5.89. The van der Waals surface area contributed by atoms with E-state index in [9.17, 15) is 4.79 Å². The molecule has 2 fully saturated rings. The van der Waals surface area contributed by atoms with Crippen LogP contribution in [0.15, 0.2) is 0 Å². The van der Waals surface area contributed by atoms with Gasteiger partial charge in [-0.2, -0.15) is 0 Å². The van der Waals surface area contributed by atoms with Crippen LogP contribution in [0.5, 0.6) is 0 Å². The third-order valence-electron chi connectivity index (χ3n) is 3.68. The number of likely N-dealkylation sites (tertiary alicyclic amines) is 1. The molecule has 3 nitrogen and oxygen atoms in total. The first-order valence-corrected chi connectivity index (χ1v) is 6.33. The van der Waals surface area contributed by atoms with Gasteiger partial charge in [-0.15, -0.1) is 0 Å². The molecule has 1 aliphatic heterocycles. The van der Waals surface area contributed by atoms with Gasteiger partial charge in [0.15, 0.2) is 0 Å². The molecule has 2 aliphatic rings. The first-order chi connectivity index (χ1) is 7.31. The second-order valence-electron chi connectivity index (χ2n) is 4.81. The van der Waals surface area contributed by atoms with E-state index in [1.807, 2.05) is 0 Å². The number of rotatable bonds is 3. The smallest absolute Gasteiger partial charge is 0.225 e. The Hall–Kier alpha value is -0.570. The van der Waals surface area contributed by atoms with Crippen LogP contribution >= 0.6 is 0 Å². The van der Waals surface area contributed by atoms with E-state index in [0.717, 1.165) is 38.9 Å². The lowest BCUT2D eigenvalue weighted by molar-refractivity contribution is -0.139. The fourth-order valence-corrected chi connectivity index (χ4v) is 2.55. The van der Waals surface area contributed by atoms with Gasteiger partial charge in [0.25, 0.3) is 0 Å². The minimum absolute atomic E-state index is 0.366. The Kier molecular flexibility index (Phi) is 3.62. The van der Waals surface area contributed by atoms with E-state index in [-0.39, 0.29) is 0 Å². The number of carbonyl (C=O) groups is 1. The summed E-state index contributed by atoms with van der Waals surface area (Å²) in [6.45, 7) is 5.06. The van der Waals surface area contributed by atoms with Crippen molar-refractivity contribution in [3.63, 3.8) is 0 Å². The van der Waals surface area contributed by atoms with Crippen LogP contribution in [0, 0.1) is 5.92 Å². The Labute approximate surface area is 92.2 Å². The van der Waals surface area contributed by atoms with Gasteiger partial charge in [-0.1, -0.05) is 13.3 Å². The van der Waals surface area contributed by atoms with Crippen molar-refractivity contribution in [3.8, 4) is 0 Å². The molecule has 0 radical (unpaired) electrons. The number of nitrogens with zero attached hydrogens (tertiary/aromatic N) is 1. The predicted molar refractivity (Wildman–Crippen MR) is 60.6 cm³/mol. The molecule has 86 valence electrons. The minimum Gasteiger partial charge on any atom is -0.341 e. The van der Waals surface area contributed by atoms with Crippen LogP contribution in [-0.2, 0) is 4.79 Å². The zero-order valence-corrected chi connectivity index (χ0v) is 9.67. The number of amides is 1. The molecule has 1 heterocycles. The summed E-state index contributed by atoms with van der Waals surface area (Å²) in [6, 6.07) is 0.535. The summed E-state index contributed by atoms with van der Waals surface area (Å²) in [7, 11) is 0. The van der Waals surface area contributed by atoms with Crippen LogP contribution in [0.4, 0.5) is 0 Å². The standard InChI is InChI=1S/C12H22N2O/c1-2-13-11-7-4-8-14(9-11)12(15)10-5-3-6-10/h10-11,13H,2-9H2,1H3. The monoisotopic (exact) mass is 210 g/mol. The van der Waals surface area contributed by atoms with Gasteiger partial charge in [0.2, 0.25) is 5.91 Å². The minimum atomic E-state index is 0.366. The second kappa shape index (κ2) is 4.97. The summed E-state index contributed by atoms with van der Waals surface area (Å²) in [5, 5.41) is 3.45. The molecule has 0 aromatic carbocycles. The Morgan fingerprint density at radius 3 is 2.73 bits per heavy atom. The lowest BCUT2D eigenvalue weighted by Gasteiger charge is -2.37. The average Bonchev–Trinajstić information content (AvgIpc) is 2.16. The van der Waals surface area contributed by atoms with Crippen molar-refractivity contribution in [1.29, 1.82) is 0 Å². The molecule has 1 saturated carbocycles. The molecule has 1 amide bonds. The van der Waals surface area contributed by atoms with Gasteiger partial charge in [-0.25, -0.2) is 0 Å². The molecular formula is C12H22N2O. The molecule has 1 atom stereocenters. The molecule has 1 unspecified atom stereocenters. The average molecular weight is 210 g/mol. The van der Waals surface area contributed by atoms with E-state index < -0.39 is 0 Å². The van der Waals surface area contributed by atoms with Crippen LogP contribution in [0.3, 0.4) is 0 Å². The van der Waals surface area contributed by atoms with Crippen molar-refractivity contribution in [2.75, 3.05) is 19.6 Å². The zero-order chi connectivity index (χ0) is 10.7. The number of piperidine rings is 1. The number of hydrogen-bond donors (Lipinski definition) is 1. The topological polar surface area (TPSA) is 32.3 Å². The molecule has 1 N–H and O–H groups in total. The summed E-state index contributed by atoms with van der Waals surface area (Å²) in [5.41, 5.74) is 0. The summed E-state index contributed by atoms with van der Waals surface area (Å²) < 4.78 is 0. The number of nitrogens with one attached hydrogen (secondary N) is 1. The van der Waals surface area contributed by atoms with Crippen molar-refractivity contribution >= 4 is 5.91 Å². The molecule has 0 aromatic heterocycles. The van der Waals surface area contributed by atoms with Gasteiger partial charge >= 0.3 is 0 Å². The molecule has 3 heteroatoms. The summed E-state index contributed by atoms with van der Waals surface area (Å²) >= 11 is 0. The third-order valence-corrected chi connectivity index (χ3v) is 3.68. The van der Waals surface area contributed by atoms with Gasteiger partial charge in [0.05, 0.1) is 0 Å². The molecule has 1 saturated heterocycles. The summed E-state index contributed by atoms with van der Waals surface area (Å²) in [4.78, 5) is 14.1. The van der Waals surface area contributed by atoms with Crippen molar-refractivity contribution in [2.24, 2.45) is 5.92 Å². The molecule has 0 aromatic rings. The van der Waals surface area contributed by atoms with Crippen molar-refractivity contribution in [3.05, 3.63) is 0 Å². The van der Waals surface area contributed by atoms with Crippen LogP contribution in [-0.4, -0.2) is 36.5 Å². The first kappa shape index (κ1) is 10.9. The largest absolute Gasteiger partial charge is 0.341 e. The molecule has 0 bridgehead atoms. The highest BCUT2D eigenvalue weighted by atomic mass is 16.2. The Balaban J connectivity index is 1.83. The fraction of sp³-hybridized carbons (Fsp3) is 0.917. The van der Waals surface area contributed by atoms with E-state index in [0.29, 0.717) is 17.9 Å². The van der Waals surface area contributed by atoms with Crippen molar-refractivity contribution < 1.29 is 4.79 Å².